The van der Waals surface area contributed by atoms with E-state index in [-0.39, 0.29) is 5.25 Å². The van der Waals surface area contributed by atoms with Gasteiger partial charge in [-0.25, -0.2) is 12.4 Å². The largest absolute Gasteiger partial charge is 0.266 e. The highest BCUT2D eigenvalue weighted by atomic mass is 32.2. The molecule has 4 rings (SSSR count). The lowest BCUT2D eigenvalue weighted by Crippen LogP contribution is -2.29. The SMILES string of the molecule is Cn1ncc2c1c1ccccc1n2S(=O)(=O)C1CCCCC1. The Morgan fingerprint density at radius 3 is 2.59 bits per heavy atom. The average Bonchev–Trinajstić information content (AvgIpc) is 3.06. The first-order valence-electron chi connectivity index (χ1n) is 7.76. The molecule has 1 saturated carbocycles. The topological polar surface area (TPSA) is 56.9 Å². The molecule has 0 N–H and O–H groups in total. The molecule has 0 radical (unpaired) electrons. The molecule has 0 saturated heterocycles. The smallest absolute Gasteiger partial charge is 0.242 e. The zero-order valence-corrected chi connectivity index (χ0v) is 13.4. The Bertz CT molecular complexity index is 946. The highest BCUT2D eigenvalue weighted by Crippen LogP contribution is 2.33. The van der Waals surface area contributed by atoms with E-state index >= 15 is 0 Å². The van der Waals surface area contributed by atoms with Crippen LogP contribution in [0.2, 0.25) is 0 Å². The molecule has 0 unspecified atom stereocenters. The van der Waals surface area contributed by atoms with Crippen LogP contribution in [-0.2, 0) is 17.1 Å². The predicted molar refractivity (Wildman–Crippen MR) is 87.4 cm³/mol. The number of para-hydroxylation sites is 1. The number of rotatable bonds is 2. The maximum absolute atomic E-state index is 13.2. The number of hydrogen-bond donors (Lipinski definition) is 0. The second kappa shape index (κ2) is 4.84. The fourth-order valence-electron chi connectivity index (χ4n) is 3.65. The number of hydrogen-bond acceptors (Lipinski definition) is 3. The van der Waals surface area contributed by atoms with Crippen LogP contribution in [-0.4, -0.2) is 27.4 Å². The minimum absolute atomic E-state index is 0.277. The van der Waals surface area contributed by atoms with E-state index in [1.165, 1.54) is 3.97 Å². The first-order chi connectivity index (χ1) is 10.6. The molecule has 2 aromatic heterocycles. The van der Waals surface area contributed by atoms with Gasteiger partial charge in [-0.05, 0) is 18.9 Å². The fourth-order valence-corrected chi connectivity index (χ4v) is 5.72. The molecular formula is C16H19N3O2S. The van der Waals surface area contributed by atoms with Gasteiger partial charge in [0.1, 0.15) is 5.52 Å². The maximum atomic E-state index is 13.2. The van der Waals surface area contributed by atoms with Crippen LogP contribution in [0.4, 0.5) is 0 Å². The Morgan fingerprint density at radius 1 is 1.09 bits per heavy atom. The van der Waals surface area contributed by atoms with Crippen molar-refractivity contribution in [3.63, 3.8) is 0 Å². The zero-order valence-electron chi connectivity index (χ0n) is 12.6. The van der Waals surface area contributed by atoms with E-state index in [1.807, 2.05) is 31.3 Å². The lowest BCUT2D eigenvalue weighted by atomic mass is 10.0. The van der Waals surface area contributed by atoms with E-state index in [0.29, 0.717) is 5.52 Å². The summed E-state index contributed by atoms with van der Waals surface area (Å²) in [7, 11) is -1.54. The Morgan fingerprint density at radius 2 is 1.82 bits per heavy atom. The number of nitrogens with zero attached hydrogens (tertiary/aromatic N) is 3. The van der Waals surface area contributed by atoms with Crippen molar-refractivity contribution in [1.29, 1.82) is 0 Å². The lowest BCUT2D eigenvalue weighted by molar-refractivity contribution is 0.481. The predicted octanol–water partition coefficient (Wildman–Crippen LogP) is 3.04. The molecule has 3 aromatic rings. The van der Waals surface area contributed by atoms with Crippen molar-refractivity contribution in [2.24, 2.45) is 7.05 Å². The monoisotopic (exact) mass is 317 g/mol. The zero-order chi connectivity index (χ0) is 15.3. The van der Waals surface area contributed by atoms with Crippen molar-refractivity contribution in [1.82, 2.24) is 13.8 Å². The summed E-state index contributed by atoms with van der Waals surface area (Å²) in [5, 5.41) is 4.92. The van der Waals surface area contributed by atoms with Gasteiger partial charge in [0.2, 0.25) is 10.0 Å². The molecule has 1 aromatic carbocycles. The van der Waals surface area contributed by atoms with E-state index in [1.54, 1.807) is 10.9 Å². The van der Waals surface area contributed by atoms with Crippen molar-refractivity contribution < 1.29 is 8.42 Å². The summed E-state index contributed by atoms with van der Waals surface area (Å²) >= 11 is 0. The Hall–Kier alpha value is -1.82. The molecular weight excluding hydrogens is 298 g/mol. The summed E-state index contributed by atoms with van der Waals surface area (Å²) in [6.07, 6.45) is 6.32. The van der Waals surface area contributed by atoms with Gasteiger partial charge in [-0.2, -0.15) is 5.10 Å². The van der Waals surface area contributed by atoms with Crippen LogP contribution in [0, 0.1) is 0 Å². The molecule has 5 nitrogen and oxygen atoms in total. The Kier molecular flexibility index (Phi) is 3.04. The summed E-state index contributed by atoms with van der Waals surface area (Å²) in [5.74, 6) is 0. The van der Waals surface area contributed by atoms with Gasteiger partial charge in [0.05, 0.1) is 22.5 Å². The third kappa shape index (κ3) is 1.83. The summed E-state index contributed by atoms with van der Waals surface area (Å²) < 4.78 is 29.7. The second-order valence-corrected chi connectivity index (χ2v) is 8.15. The van der Waals surface area contributed by atoms with Crippen LogP contribution in [0.1, 0.15) is 32.1 Å². The quantitative estimate of drug-likeness (QED) is 0.730. The van der Waals surface area contributed by atoms with Crippen molar-refractivity contribution >= 4 is 32.0 Å². The van der Waals surface area contributed by atoms with Crippen molar-refractivity contribution in [2.45, 2.75) is 37.4 Å². The minimum atomic E-state index is -3.40. The van der Waals surface area contributed by atoms with Crippen LogP contribution in [0.15, 0.2) is 30.5 Å². The van der Waals surface area contributed by atoms with Crippen molar-refractivity contribution in [3.8, 4) is 0 Å². The van der Waals surface area contributed by atoms with Gasteiger partial charge in [0.25, 0.3) is 0 Å². The summed E-state index contributed by atoms with van der Waals surface area (Å²) in [6.45, 7) is 0. The standard InChI is InChI=1S/C16H19N3O2S/c1-18-16-13-9-5-6-10-14(13)19(15(16)11-17-18)22(20,21)12-7-3-2-4-8-12/h5-6,9-12H,2-4,7-8H2,1H3. The highest BCUT2D eigenvalue weighted by Gasteiger charge is 2.32. The van der Waals surface area contributed by atoms with Crippen molar-refractivity contribution in [3.05, 3.63) is 30.5 Å². The van der Waals surface area contributed by atoms with E-state index in [4.69, 9.17) is 0 Å². The molecule has 1 fully saturated rings. The molecule has 22 heavy (non-hydrogen) atoms. The number of aryl methyl sites for hydroxylation is 1. The molecule has 116 valence electrons. The third-order valence-corrected chi connectivity index (χ3v) is 6.96. The molecule has 1 aliphatic carbocycles. The van der Waals surface area contributed by atoms with Crippen LogP contribution >= 0.6 is 0 Å². The van der Waals surface area contributed by atoms with Crippen LogP contribution in [0.25, 0.3) is 21.9 Å². The van der Waals surface area contributed by atoms with Crippen LogP contribution < -0.4 is 0 Å². The minimum Gasteiger partial charge on any atom is -0.266 e. The Balaban J connectivity index is 2.04. The molecule has 0 amide bonds. The van der Waals surface area contributed by atoms with Crippen molar-refractivity contribution in [2.75, 3.05) is 0 Å². The molecule has 0 atom stereocenters. The van der Waals surface area contributed by atoms with Gasteiger partial charge in [-0.3, -0.25) is 4.68 Å². The van der Waals surface area contributed by atoms with Gasteiger partial charge in [-0.1, -0.05) is 37.5 Å². The van der Waals surface area contributed by atoms with Crippen LogP contribution in [0.3, 0.4) is 0 Å². The van der Waals surface area contributed by atoms with E-state index in [2.05, 4.69) is 5.10 Å². The normalized spacial score (nSPS) is 17.5. The first kappa shape index (κ1) is 13.8. The first-order valence-corrected chi connectivity index (χ1v) is 9.26. The van der Waals surface area contributed by atoms with E-state index < -0.39 is 10.0 Å². The molecule has 0 aliphatic heterocycles. The number of aromatic nitrogens is 3. The number of benzene rings is 1. The molecule has 0 bridgehead atoms. The van der Waals surface area contributed by atoms with Gasteiger partial charge in [0.15, 0.2) is 0 Å². The maximum Gasteiger partial charge on any atom is 0.242 e. The molecule has 6 heteroatoms. The Labute approximate surface area is 129 Å². The molecule has 0 spiro atoms. The van der Waals surface area contributed by atoms with E-state index in [9.17, 15) is 8.42 Å². The van der Waals surface area contributed by atoms with Crippen LogP contribution in [0.5, 0.6) is 0 Å². The molecule has 1 aliphatic rings. The van der Waals surface area contributed by atoms with Gasteiger partial charge in [0, 0.05) is 12.4 Å². The average molecular weight is 317 g/mol. The second-order valence-electron chi connectivity index (χ2n) is 6.09. The summed E-state index contributed by atoms with van der Waals surface area (Å²) in [4.78, 5) is 0. The van der Waals surface area contributed by atoms with Gasteiger partial charge < -0.3 is 0 Å². The van der Waals surface area contributed by atoms with Gasteiger partial charge in [-0.15, -0.1) is 0 Å². The highest BCUT2D eigenvalue weighted by molar-refractivity contribution is 7.90. The number of fused-ring (bicyclic) bond motifs is 3. The van der Waals surface area contributed by atoms with E-state index in [0.717, 1.165) is 48.5 Å². The third-order valence-electron chi connectivity index (χ3n) is 4.74. The molecule has 2 heterocycles. The summed E-state index contributed by atoms with van der Waals surface area (Å²) in [5.41, 5.74) is 2.33. The lowest BCUT2D eigenvalue weighted by Gasteiger charge is -2.22. The summed E-state index contributed by atoms with van der Waals surface area (Å²) in [6, 6.07) is 7.68. The van der Waals surface area contributed by atoms with Gasteiger partial charge >= 0.3 is 0 Å². The fraction of sp³-hybridized carbons (Fsp3) is 0.438.